The van der Waals surface area contributed by atoms with E-state index < -0.39 is 15.8 Å². The number of carbonyl (C=O) groups is 1. The molecule has 0 aromatic carbocycles. The number of hydrogen-bond donors (Lipinski definition) is 2. The van der Waals surface area contributed by atoms with Crippen molar-refractivity contribution in [3.05, 3.63) is 48.1 Å². The number of rotatable bonds is 9. The van der Waals surface area contributed by atoms with Gasteiger partial charge in [0.2, 0.25) is 0 Å². The summed E-state index contributed by atoms with van der Waals surface area (Å²) in [5, 5.41) is 13.3. The largest absolute Gasteiger partial charge is 0.478 e. The molecule has 6 aliphatic rings. The van der Waals surface area contributed by atoms with Crippen LogP contribution in [0.2, 0.25) is 0 Å². The molecule has 6 rings (SSSR count). The number of sulfone groups is 1. The lowest BCUT2D eigenvalue weighted by Gasteiger charge is -2.72. The smallest absolute Gasteiger partial charge is 0.328 e. The lowest BCUT2D eigenvalue weighted by Crippen LogP contribution is -2.68. The van der Waals surface area contributed by atoms with Gasteiger partial charge in [0.15, 0.2) is 9.84 Å². The summed E-state index contributed by atoms with van der Waals surface area (Å²) in [6.07, 6.45) is 21.9. The molecule has 4 saturated carbocycles. The molecule has 0 spiro atoms. The zero-order chi connectivity index (χ0) is 34.8. The maximum Gasteiger partial charge on any atom is 0.328 e. The maximum atomic E-state index is 12.0. The first-order valence-corrected chi connectivity index (χ1v) is 20.9. The Hall–Kier alpha value is -1.70. The molecule has 0 bridgehead atoms. The number of aliphatic carboxylic acids is 1. The summed E-state index contributed by atoms with van der Waals surface area (Å²) in [6, 6.07) is 0. The van der Waals surface area contributed by atoms with Crippen LogP contribution in [0.5, 0.6) is 0 Å². The van der Waals surface area contributed by atoms with E-state index in [-0.39, 0.29) is 16.4 Å². The number of carboxylic acid groups (broad SMARTS) is 1. The second-order valence-corrected chi connectivity index (χ2v) is 20.7. The van der Waals surface area contributed by atoms with Crippen molar-refractivity contribution in [3.63, 3.8) is 0 Å². The standard InChI is InChI=1S/C41H64N2O4S/c1-29(2)28-30-14-19-41(42-22-23-43-24-26-48(46,47)27-25-43)21-20-39(6)32(36(30)41)12-13-34-38(5)17-15-31(10-8-9-11-35(44)45)37(3,4)33(38)16-18-40(34,39)7/h8-11,15,30,32-34,36,42H,1,12-14,16-28H2,2-7H3,(H,44,45). The van der Waals surface area contributed by atoms with Gasteiger partial charge in [-0.25, -0.2) is 13.2 Å². The van der Waals surface area contributed by atoms with Gasteiger partial charge < -0.3 is 15.3 Å². The molecular formula is C41H64N2O4S. The quantitative estimate of drug-likeness (QED) is 0.147. The van der Waals surface area contributed by atoms with Crippen LogP contribution in [0, 0.1) is 51.2 Å². The molecule has 1 heterocycles. The number of nitrogens with one attached hydrogen (secondary N) is 1. The molecule has 1 saturated heterocycles. The summed E-state index contributed by atoms with van der Waals surface area (Å²) < 4.78 is 24.0. The van der Waals surface area contributed by atoms with Crippen LogP contribution in [0.15, 0.2) is 48.1 Å². The maximum absolute atomic E-state index is 12.0. The average molecular weight is 681 g/mol. The van der Waals surface area contributed by atoms with Crippen LogP contribution < -0.4 is 5.32 Å². The first-order valence-electron chi connectivity index (χ1n) is 19.1. The van der Waals surface area contributed by atoms with Crippen molar-refractivity contribution in [1.82, 2.24) is 10.2 Å². The topological polar surface area (TPSA) is 86.7 Å². The zero-order valence-corrected chi connectivity index (χ0v) is 31.6. The van der Waals surface area contributed by atoms with Crippen molar-refractivity contribution in [1.29, 1.82) is 0 Å². The third-order valence-corrected chi connectivity index (χ3v) is 17.4. The van der Waals surface area contributed by atoms with Crippen molar-refractivity contribution in [2.45, 2.75) is 111 Å². The fraction of sp³-hybridized carbons (Fsp3) is 0.780. The van der Waals surface area contributed by atoms with Crippen LogP contribution in [-0.4, -0.2) is 67.6 Å². The number of carboxylic acids is 1. The Bertz CT molecular complexity index is 1460. The molecule has 9 atom stereocenters. The highest BCUT2D eigenvalue weighted by molar-refractivity contribution is 7.91. The van der Waals surface area contributed by atoms with Crippen molar-refractivity contribution < 1.29 is 18.3 Å². The highest BCUT2D eigenvalue weighted by Gasteiger charge is 2.70. The summed E-state index contributed by atoms with van der Waals surface area (Å²) in [4.78, 5) is 13.4. The minimum absolute atomic E-state index is 0.0435. The van der Waals surface area contributed by atoms with Gasteiger partial charge in [0.1, 0.15) is 0 Å². The summed E-state index contributed by atoms with van der Waals surface area (Å²) in [6.45, 7) is 22.8. The number of fused-ring (bicyclic) bond motifs is 7. The number of allylic oxidation sites excluding steroid dienone is 6. The lowest BCUT2D eigenvalue weighted by molar-refractivity contribution is -0.221. The molecule has 0 amide bonds. The van der Waals surface area contributed by atoms with Gasteiger partial charge >= 0.3 is 5.97 Å². The molecule has 7 heteroatoms. The molecule has 0 aromatic heterocycles. The molecule has 0 aromatic rings. The van der Waals surface area contributed by atoms with E-state index in [0.717, 1.165) is 25.9 Å². The first-order chi connectivity index (χ1) is 22.5. The predicted molar refractivity (Wildman–Crippen MR) is 196 cm³/mol. The van der Waals surface area contributed by atoms with Gasteiger partial charge in [-0.15, -0.1) is 6.58 Å². The second kappa shape index (κ2) is 12.8. The highest BCUT2D eigenvalue weighted by atomic mass is 32.2. The lowest BCUT2D eigenvalue weighted by atomic mass is 9.33. The second-order valence-electron chi connectivity index (χ2n) is 18.4. The van der Waals surface area contributed by atoms with E-state index in [1.165, 1.54) is 68.6 Å². The van der Waals surface area contributed by atoms with Crippen LogP contribution in [0.25, 0.3) is 0 Å². The molecule has 9 unspecified atom stereocenters. The molecule has 6 nitrogen and oxygen atoms in total. The SMILES string of the molecule is C=C(C)CC1CCC2(NCCN3CCS(=O)(=O)CC3)CCC3(C)C(CCC4C5(C)CC=C(C=CC=CC(=O)O)C(C)(C)C5CCC43C)C12. The Morgan fingerprint density at radius 1 is 0.979 bits per heavy atom. The average Bonchev–Trinajstić information content (AvgIpc) is 3.34. The number of hydrogen-bond acceptors (Lipinski definition) is 5. The van der Waals surface area contributed by atoms with Gasteiger partial charge in [0, 0.05) is 37.8 Å². The van der Waals surface area contributed by atoms with Crippen LogP contribution >= 0.6 is 0 Å². The molecule has 2 N–H and O–H groups in total. The molecule has 5 aliphatic carbocycles. The minimum Gasteiger partial charge on any atom is -0.478 e. The van der Waals surface area contributed by atoms with E-state index in [4.69, 9.17) is 5.11 Å². The van der Waals surface area contributed by atoms with E-state index >= 15 is 0 Å². The third kappa shape index (κ3) is 6.04. The van der Waals surface area contributed by atoms with E-state index in [1.807, 2.05) is 6.08 Å². The van der Waals surface area contributed by atoms with E-state index in [1.54, 1.807) is 6.08 Å². The van der Waals surface area contributed by atoms with Crippen molar-refractivity contribution >= 4 is 15.8 Å². The van der Waals surface area contributed by atoms with Crippen LogP contribution in [0.3, 0.4) is 0 Å². The monoisotopic (exact) mass is 680 g/mol. The molecular weight excluding hydrogens is 617 g/mol. The van der Waals surface area contributed by atoms with Gasteiger partial charge in [0.05, 0.1) is 11.5 Å². The zero-order valence-electron chi connectivity index (χ0n) is 30.8. The highest BCUT2D eigenvalue weighted by Crippen LogP contribution is 2.76. The van der Waals surface area contributed by atoms with E-state index in [9.17, 15) is 13.2 Å². The Balaban J connectivity index is 1.25. The van der Waals surface area contributed by atoms with Crippen molar-refractivity contribution in [3.8, 4) is 0 Å². The minimum atomic E-state index is -2.86. The van der Waals surface area contributed by atoms with E-state index in [2.05, 4.69) is 70.5 Å². The van der Waals surface area contributed by atoms with Gasteiger partial charge in [-0.05, 0) is 128 Å². The van der Waals surface area contributed by atoms with Crippen molar-refractivity contribution in [2.75, 3.05) is 37.7 Å². The summed E-state index contributed by atoms with van der Waals surface area (Å²) in [5.41, 5.74) is 3.75. The molecule has 268 valence electrons. The fourth-order valence-corrected chi connectivity index (χ4v) is 14.6. The first kappa shape index (κ1) is 36.1. The Kier molecular flexibility index (Phi) is 9.64. The molecule has 1 aliphatic heterocycles. The fourth-order valence-electron chi connectivity index (χ4n) is 13.4. The summed E-state index contributed by atoms with van der Waals surface area (Å²) in [7, 11) is -2.86. The summed E-state index contributed by atoms with van der Waals surface area (Å²) in [5.74, 6) is 3.05. The van der Waals surface area contributed by atoms with Gasteiger partial charge in [-0.1, -0.05) is 64.5 Å². The number of nitrogens with zero attached hydrogens (tertiary/aromatic N) is 1. The van der Waals surface area contributed by atoms with Crippen LogP contribution in [0.1, 0.15) is 106 Å². The van der Waals surface area contributed by atoms with E-state index in [0.29, 0.717) is 65.0 Å². The van der Waals surface area contributed by atoms with Gasteiger partial charge in [-0.3, -0.25) is 0 Å². The normalized spacial score (nSPS) is 43.6. The third-order valence-electron chi connectivity index (χ3n) is 15.8. The Morgan fingerprint density at radius 3 is 2.40 bits per heavy atom. The predicted octanol–water partition coefficient (Wildman–Crippen LogP) is 7.84. The Morgan fingerprint density at radius 2 is 1.71 bits per heavy atom. The molecule has 0 radical (unpaired) electrons. The molecule has 48 heavy (non-hydrogen) atoms. The van der Waals surface area contributed by atoms with Crippen LogP contribution in [-0.2, 0) is 14.6 Å². The van der Waals surface area contributed by atoms with Crippen molar-refractivity contribution in [2.24, 2.45) is 51.2 Å². The Labute approximate surface area is 291 Å². The molecule has 5 fully saturated rings. The van der Waals surface area contributed by atoms with Gasteiger partial charge in [-0.2, -0.15) is 0 Å². The summed E-state index contributed by atoms with van der Waals surface area (Å²) >= 11 is 0. The van der Waals surface area contributed by atoms with Crippen LogP contribution in [0.4, 0.5) is 0 Å². The van der Waals surface area contributed by atoms with Gasteiger partial charge in [0.25, 0.3) is 0 Å².